The lowest BCUT2D eigenvalue weighted by Crippen LogP contribution is -2.58. The van der Waals surface area contributed by atoms with Gasteiger partial charge < -0.3 is 33.7 Å². The molecule has 13 heteroatoms. The highest BCUT2D eigenvalue weighted by molar-refractivity contribution is 5.84. The Hall–Kier alpha value is -3.74. The highest BCUT2D eigenvalue weighted by Crippen LogP contribution is 2.33. The van der Waals surface area contributed by atoms with Gasteiger partial charge in [0.25, 0.3) is 0 Å². The van der Waals surface area contributed by atoms with Crippen molar-refractivity contribution in [1.29, 1.82) is 0 Å². The molecule has 0 saturated carbocycles. The molecule has 1 aromatic carbocycles. The zero-order chi connectivity index (χ0) is 34.4. The van der Waals surface area contributed by atoms with Crippen molar-refractivity contribution in [2.75, 3.05) is 13.2 Å². The van der Waals surface area contributed by atoms with Crippen molar-refractivity contribution in [3.05, 3.63) is 29.8 Å². The molecule has 2 rings (SSSR count). The average Bonchev–Trinajstić information content (AvgIpc) is 2.95. The van der Waals surface area contributed by atoms with Gasteiger partial charge >= 0.3 is 24.0 Å². The lowest BCUT2D eigenvalue weighted by atomic mass is 9.90. The molecular formula is C33H48FNO11. The highest BCUT2D eigenvalue weighted by Gasteiger charge is 2.49. The van der Waals surface area contributed by atoms with Gasteiger partial charge in [0.05, 0.1) is 0 Å². The number of rotatable bonds is 16. The standard InChI is InChI=1S/C33H48FNO11/c1-20-29(42-22(3)37)27(19-41-21(2)36)45-31(30(20)43-23(4)38)44-25-16-14-24(15-17-25)28(34)26(39)13-11-9-8-10-12-18-35-32(40)46-33(5,6)7/h14-17,20,27-31H,8-13,18-19H2,1-7H3,(H,35,40). The first-order valence-corrected chi connectivity index (χ1v) is 15.6. The van der Waals surface area contributed by atoms with Crippen LogP contribution >= 0.6 is 0 Å². The number of Topliss-reactive ketones (excluding diaryl/α,β-unsaturated/α-hetero) is 1. The number of hydrogen-bond acceptors (Lipinski definition) is 11. The number of alkyl carbamates (subject to hydrolysis) is 1. The Morgan fingerprint density at radius 1 is 0.870 bits per heavy atom. The molecular weight excluding hydrogens is 605 g/mol. The third-order valence-corrected chi connectivity index (χ3v) is 7.01. The van der Waals surface area contributed by atoms with Crippen LogP contribution in [0.15, 0.2) is 24.3 Å². The van der Waals surface area contributed by atoms with E-state index in [4.69, 9.17) is 28.4 Å². The number of halogens is 1. The molecule has 1 heterocycles. The average molecular weight is 654 g/mol. The Kier molecular flexibility index (Phi) is 15.4. The SMILES string of the molecule is CC(=O)OCC1OC(Oc2ccc(C(F)C(=O)CCCCCCCNC(=O)OC(C)(C)C)cc2)C(OC(C)=O)C(C)C1OC(C)=O. The maximum absolute atomic E-state index is 15.0. The normalized spacial score (nSPS) is 21.8. The molecule has 0 bridgehead atoms. The Morgan fingerprint density at radius 3 is 2.04 bits per heavy atom. The number of carbonyl (C=O) groups excluding carboxylic acids is 5. The van der Waals surface area contributed by atoms with Crippen molar-refractivity contribution < 1.29 is 56.8 Å². The first-order valence-electron chi connectivity index (χ1n) is 15.6. The van der Waals surface area contributed by atoms with E-state index in [1.807, 2.05) is 0 Å². The third-order valence-electron chi connectivity index (χ3n) is 7.01. The number of unbranched alkanes of at least 4 members (excludes halogenated alkanes) is 4. The predicted molar refractivity (Wildman–Crippen MR) is 163 cm³/mol. The number of esters is 3. The summed E-state index contributed by atoms with van der Waals surface area (Å²) >= 11 is 0. The second kappa shape index (κ2) is 18.4. The number of alkyl halides is 1. The summed E-state index contributed by atoms with van der Waals surface area (Å²) in [6.07, 6.45) is -2.33. The molecule has 1 fully saturated rings. The van der Waals surface area contributed by atoms with Gasteiger partial charge in [0, 0.05) is 39.7 Å². The second-order valence-corrected chi connectivity index (χ2v) is 12.3. The van der Waals surface area contributed by atoms with Crippen LogP contribution in [-0.4, -0.2) is 73.1 Å². The zero-order valence-electron chi connectivity index (χ0n) is 27.8. The smallest absolute Gasteiger partial charge is 0.407 e. The molecule has 1 saturated heterocycles. The Labute approximate surface area is 269 Å². The van der Waals surface area contributed by atoms with Crippen LogP contribution in [0, 0.1) is 5.92 Å². The zero-order valence-corrected chi connectivity index (χ0v) is 27.8. The van der Waals surface area contributed by atoms with E-state index in [9.17, 15) is 28.4 Å². The number of benzene rings is 1. The monoisotopic (exact) mass is 653 g/mol. The quantitative estimate of drug-likeness (QED) is 0.141. The van der Waals surface area contributed by atoms with Gasteiger partial charge in [0.2, 0.25) is 6.29 Å². The molecule has 1 N–H and O–H groups in total. The molecule has 0 aromatic heterocycles. The van der Waals surface area contributed by atoms with E-state index in [0.717, 1.165) is 25.7 Å². The van der Waals surface area contributed by atoms with Gasteiger partial charge in [-0.2, -0.15) is 0 Å². The highest BCUT2D eigenvalue weighted by atomic mass is 19.1. The molecule has 0 spiro atoms. The largest absolute Gasteiger partial charge is 0.463 e. The molecule has 1 amide bonds. The first kappa shape index (κ1) is 38.4. The number of ether oxygens (including phenoxy) is 6. The van der Waals surface area contributed by atoms with Crippen molar-refractivity contribution in [2.45, 2.75) is 123 Å². The summed E-state index contributed by atoms with van der Waals surface area (Å²) in [6, 6.07) is 5.80. The Bertz CT molecular complexity index is 1170. The van der Waals surface area contributed by atoms with Crippen molar-refractivity contribution in [3.63, 3.8) is 0 Å². The number of hydrogen-bond donors (Lipinski definition) is 1. The molecule has 12 nitrogen and oxygen atoms in total. The van der Waals surface area contributed by atoms with Crippen LogP contribution in [0.3, 0.4) is 0 Å². The lowest BCUT2D eigenvalue weighted by molar-refractivity contribution is -0.271. The first-order chi connectivity index (χ1) is 21.6. The fourth-order valence-electron chi connectivity index (χ4n) is 4.88. The third kappa shape index (κ3) is 13.7. The summed E-state index contributed by atoms with van der Waals surface area (Å²) in [7, 11) is 0. The maximum atomic E-state index is 15.0. The van der Waals surface area contributed by atoms with E-state index in [-0.39, 0.29) is 24.3 Å². The van der Waals surface area contributed by atoms with Gasteiger partial charge in [-0.3, -0.25) is 19.2 Å². The van der Waals surface area contributed by atoms with E-state index >= 15 is 0 Å². The van der Waals surface area contributed by atoms with Crippen LogP contribution in [-0.2, 0) is 42.9 Å². The summed E-state index contributed by atoms with van der Waals surface area (Å²) in [5.74, 6) is -2.65. The molecule has 6 atom stereocenters. The fourth-order valence-corrected chi connectivity index (χ4v) is 4.88. The van der Waals surface area contributed by atoms with Gasteiger partial charge in [-0.25, -0.2) is 9.18 Å². The van der Waals surface area contributed by atoms with Crippen LogP contribution in [0.2, 0.25) is 0 Å². The molecule has 1 aliphatic rings. The lowest BCUT2D eigenvalue weighted by Gasteiger charge is -2.43. The summed E-state index contributed by atoms with van der Waals surface area (Å²) in [6.45, 7) is 11.0. The molecule has 6 unspecified atom stereocenters. The van der Waals surface area contributed by atoms with E-state index in [2.05, 4.69) is 5.32 Å². The number of nitrogens with one attached hydrogen (secondary N) is 1. The minimum Gasteiger partial charge on any atom is -0.463 e. The van der Waals surface area contributed by atoms with Crippen LogP contribution in [0.25, 0.3) is 0 Å². The number of carbonyl (C=O) groups is 5. The van der Waals surface area contributed by atoms with Crippen molar-refractivity contribution >= 4 is 29.8 Å². The molecule has 0 aliphatic carbocycles. The summed E-state index contributed by atoms with van der Waals surface area (Å²) < 4.78 is 48.0. The van der Waals surface area contributed by atoms with E-state index in [0.29, 0.717) is 13.0 Å². The molecule has 258 valence electrons. The van der Waals surface area contributed by atoms with Crippen molar-refractivity contribution in [3.8, 4) is 5.75 Å². The van der Waals surface area contributed by atoms with Crippen LogP contribution in [0.4, 0.5) is 9.18 Å². The van der Waals surface area contributed by atoms with Crippen LogP contribution in [0.1, 0.15) is 98.7 Å². The van der Waals surface area contributed by atoms with Gasteiger partial charge in [-0.05, 0) is 51.3 Å². The van der Waals surface area contributed by atoms with Gasteiger partial charge in [0.1, 0.15) is 30.2 Å². The second-order valence-electron chi connectivity index (χ2n) is 12.3. The molecule has 1 aliphatic heterocycles. The van der Waals surface area contributed by atoms with Gasteiger partial charge in [-0.1, -0.05) is 38.3 Å². The maximum Gasteiger partial charge on any atom is 0.407 e. The molecule has 0 radical (unpaired) electrons. The van der Waals surface area contributed by atoms with E-state index in [1.165, 1.54) is 45.0 Å². The van der Waals surface area contributed by atoms with Gasteiger partial charge in [-0.15, -0.1) is 0 Å². The minimum absolute atomic E-state index is 0.0979. The molecule has 46 heavy (non-hydrogen) atoms. The van der Waals surface area contributed by atoms with Crippen molar-refractivity contribution in [2.24, 2.45) is 5.92 Å². The van der Waals surface area contributed by atoms with Crippen LogP contribution in [0.5, 0.6) is 5.75 Å². The van der Waals surface area contributed by atoms with Crippen molar-refractivity contribution in [1.82, 2.24) is 5.32 Å². The molecule has 1 aromatic rings. The topological polar surface area (TPSA) is 153 Å². The van der Waals surface area contributed by atoms with E-state index in [1.54, 1.807) is 27.7 Å². The number of amides is 1. The summed E-state index contributed by atoms with van der Waals surface area (Å²) in [4.78, 5) is 59.2. The van der Waals surface area contributed by atoms with E-state index < -0.39 is 72.1 Å². The predicted octanol–water partition coefficient (Wildman–Crippen LogP) is 5.30. The fraction of sp³-hybridized carbons (Fsp3) is 0.667. The minimum atomic E-state index is -1.80. The van der Waals surface area contributed by atoms with Crippen LogP contribution < -0.4 is 10.1 Å². The van der Waals surface area contributed by atoms with Gasteiger partial charge in [0.15, 0.2) is 18.1 Å². The summed E-state index contributed by atoms with van der Waals surface area (Å²) in [5.41, 5.74) is -0.376. The summed E-state index contributed by atoms with van der Waals surface area (Å²) in [5, 5.41) is 2.71. The number of ketones is 1. The Morgan fingerprint density at radius 2 is 1.46 bits per heavy atom. The Balaban J connectivity index is 1.90.